The van der Waals surface area contributed by atoms with E-state index in [1.807, 2.05) is 11.8 Å². The lowest BCUT2D eigenvalue weighted by Gasteiger charge is -2.23. The second-order valence-electron chi connectivity index (χ2n) is 3.69. The summed E-state index contributed by atoms with van der Waals surface area (Å²) in [4.78, 5) is 13.8. The van der Waals surface area contributed by atoms with Gasteiger partial charge in [-0.2, -0.15) is 0 Å². The number of nitrogens with zero attached hydrogens (tertiary/aromatic N) is 1. The first-order valence-electron chi connectivity index (χ1n) is 5.24. The predicted octanol–water partition coefficient (Wildman–Crippen LogP) is 0.995. The van der Waals surface area contributed by atoms with Crippen molar-refractivity contribution in [3.05, 3.63) is 0 Å². The van der Waals surface area contributed by atoms with Gasteiger partial charge in [0, 0.05) is 12.6 Å². The van der Waals surface area contributed by atoms with Gasteiger partial charge in [-0.05, 0) is 26.3 Å². The summed E-state index contributed by atoms with van der Waals surface area (Å²) >= 11 is 0. The normalized spacial score (nSPS) is 25.3. The van der Waals surface area contributed by atoms with Crippen LogP contribution in [0.1, 0.15) is 33.6 Å². The highest BCUT2D eigenvalue weighted by Crippen LogP contribution is 2.15. The molecule has 0 saturated carbocycles. The zero-order valence-corrected chi connectivity index (χ0v) is 8.84. The van der Waals surface area contributed by atoms with Crippen LogP contribution in [0, 0.1) is 0 Å². The molecular weight excluding hydrogens is 164 g/mol. The SMILES string of the molecule is CCNC1CCN(C(C)CC)C1=O. The summed E-state index contributed by atoms with van der Waals surface area (Å²) in [5.41, 5.74) is 0. The standard InChI is InChI=1S/C10H20N2O/c1-4-8(3)12-7-6-9(10(12)13)11-5-2/h8-9,11H,4-7H2,1-3H3. The molecule has 1 fully saturated rings. The molecule has 13 heavy (non-hydrogen) atoms. The topological polar surface area (TPSA) is 32.3 Å². The van der Waals surface area contributed by atoms with E-state index in [4.69, 9.17) is 0 Å². The Morgan fingerprint density at radius 1 is 1.62 bits per heavy atom. The Labute approximate surface area is 80.5 Å². The fourth-order valence-corrected chi connectivity index (χ4v) is 1.80. The van der Waals surface area contributed by atoms with Gasteiger partial charge in [-0.1, -0.05) is 13.8 Å². The monoisotopic (exact) mass is 184 g/mol. The number of carbonyl (C=O) groups excluding carboxylic acids is 1. The summed E-state index contributed by atoms with van der Waals surface area (Å²) < 4.78 is 0. The second kappa shape index (κ2) is 4.61. The average molecular weight is 184 g/mol. The summed E-state index contributed by atoms with van der Waals surface area (Å²) in [6, 6.07) is 0.482. The highest BCUT2D eigenvalue weighted by molar-refractivity contribution is 5.84. The molecule has 0 aromatic heterocycles. The quantitative estimate of drug-likeness (QED) is 0.707. The molecule has 1 aliphatic heterocycles. The largest absolute Gasteiger partial charge is 0.339 e. The lowest BCUT2D eigenvalue weighted by atomic mass is 10.2. The third-order valence-electron chi connectivity index (χ3n) is 2.81. The van der Waals surface area contributed by atoms with Crippen LogP contribution in [0.5, 0.6) is 0 Å². The van der Waals surface area contributed by atoms with E-state index in [0.717, 1.165) is 25.9 Å². The van der Waals surface area contributed by atoms with Crippen molar-refractivity contribution in [2.45, 2.75) is 45.7 Å². The van der Waals surface area contributed by atoms with Gasteiger partial charge in [0.2, 0.25) is 5.91 Å². The van der Waals surface area contributed by atoms with Crippen LogP contribution in [-0.4, -0.2) is 36.0 Å². The van der Waals surface area contributed by atoms with Gasteiger partial charge in [-0.25, -0.2) is 0 Å². The summed E-state index contributed by atoms with van der Waals surface area (Å²) in [7, 11) is 0. The van der Waals surface area contributed by atoms with E-state index in [1.165, 1.54) is 0 Å². The number of hydrogen-bond donors (Lipinski definition) is 1. The van der Waals surface area contributed by atoms with E-state index in [-0.39, 0.29) is 11.9 Å². The van der Waals surface area contributed by atoms with Crippen LogP contribution >= 0.6 is 0 Å². The van der Waals surface area contributed by atoms with Crippen molar-refractivity contribution >= 4 is 5.91 Å². The van der Waals surface area contributed by atoms with Crippen molar-refractivity contribution in [2.24, 2.45) is 0 Å². The predicted molar refractivity (Wildman–Crippen MR) is 53.5 cm³/mol. The van der Waals surface area contributed by atoms with Crippen LogP contribution in [0.25, 0.3) is 0 Å². The van der Waals surface area contributed by atoms with E-state index in [2.05, 4.69) is 19.2 Å². The Hall–Kier alpha value is -0.570. The molecule has 1 saturated heterocycles. The number of likely N-dealkylation sites (N-methyl/N-ethyl adjacent to an activating group) is 1. The molecule has 3 heteroatoms. The van der Waals surface area contributed by atoms with E-state index in [0.29, 0.717) is 6.04 Å². The molecule has 1 aliphatic rings. The smallest absolute Gasteiger partial charge is 0.240 e. The van der Waals surface area contributed by atoms with Crippen LogP contribution in [-0.2, 0) is 4.79 Å². The van der Waals surface area contributed by atoms with Crippen LogP contribution in [0.3, 0.4) is 0 Å². The molecule has 1 N–H and O–H groups in total. The highest BCUT2D eigenvalue weighted by Gasteiger charge is 2.32. The van der Waals surface area contributed by atoms with Gasteiger partial charge in [0.15, 0.2) is 0 Å². The summed E-state index contributed by atoms with van der Waals surface area (Å²) in [6.45, 7) is 8.08. The summed E-state index contributed by atoms with van der Waals surface area (Å²) in [6.07, 6.45) is 2.02. The van der Waals surface area contributed by atoms with Gasteiger partial charge in [-0.15, -0.1) is 0 Å². The van der Waals surface area contributed by atoms with E-state index in [9.17, 15) is 4.79 Å². The molecule has 1 rings (SSSR count). The highest BCUT2D eigenvalue weighted by atomic mass is 16.2. The van der Waals surface area contributed by atoms with Gasteiger partial charge in [0.05, 0.1) is 6.04 Å². The minimum absolute atomic E-state index is 0.0824. The molecule has 76 valence electrons. The number of hydrogen-bond acceptors (Lipinski definition) is 2. The minimum atomic E-state index is 0.0824. The minimum Gasteiger partial charge on any atom is -0.339 e. The number of nitrogens with one attached hydrogen (secondary N) is 1. The fourth-order valence-electron chi connectivity index (χ4n) is 1.80. The Balaban J connectivity index is 2.49. The van der Waals surface area contributed by atoms with Crippen molar-refractivity contribution in [1.29, 1.82) is 0 Å². The second-order valence-corrected chi connectivity index (χ2v) is 3.69. The molecule has 0 aliphatic carbocycles. The first-order valence-corrected chi connectivity index (χ1v) is 5.24. The van der Waals surface area contributed by atoms with Gasteiger partial charge >= 0.3 is 0 Å². The summed E-state index contributed by atoms with van der Waals surface area (Å²) in [5, 5.41) is 3.21. The molecule has 0 aromatic rings. The third kappa shape index (κ3) is 2.21. The summed E-state index contributed by atoms with van der Waals surface area (Å²) in [5.74, 6) is 0.288. The maximum atomic E-state index is 11.8. The van der Waals surface area contributed by atoms with Crippen molar-refractivity contribution in [3.63, 3.8) is 0 Å². The number of carbonyl (C=O) groups is 1. The van der Waals surface area contributed by atoms with Gasteiger partial charge in [0.1, 0.15) is 0 Å². The molecule has 0 radical (unpaired) electrons. The maximum absolute atomic E-state index is 11.8. The molecule has 1 amide bonds. The average Bonchev–Trinajstić information content (AvgIpc) is 2.48. The van der Waals surface area contributed by atoms with E-state index < -0.39 is 0 Å². The third-order valence-corrected chi connectivity index (χ3v) is 2.81. The number of likely N-dealkylation sites (tertiary alicyclic amines) is 1. The number of rotatable bonds is 4. The lowest BCUT2D eigenvalue weighted by molar-refractivity contribution is -0.131. The molecule has 3 nitrogen and oxygen atoms in total. The first-order chi connectivity index (χ1) is 6.20. The molecule has 0 aromatic carbocycles. The van der Waals surface area contributed by atoms with Gasteiger partial charge < -0.3 is 10.2 Å². The molecule has 2 unspecified atom stereocenters. The van der Waals surface area contributed by atoms with Crippen molar-refractivity contribution in [3.8, 4) is 0 Å². The molecule has 2 atom stereocenters. The van der Waals surface area contributed by atoms with Gasteiger partial charge in [0.25, 0.3) is 0 Å². The zero-order chi connectivity index (χ0) is 9.84. The lowest BCUT2D eigenvalue weighted by Crippen LogP contribution is -2.41. The van der Waals surface area contributed by atoms with Crippen molar-refractivity contribution in [1.82, 2.24) is 10.2 Å². The maximum Gasteiger partial charge on any atom is 0.240 e. The molecular formula is C10H20N2O. The fraction of sp³-hybridized carbons (Fsp3) is 0.900. The zero-order valence-electron chi connectivity index (χ0n) is 8.84. The van der Waals surface area contributed by atoms with Crippen LogP contribution < -0.4 is 5.32 Å². The number of amides is 1. The Kier molecular flexibility index (Phi) is 3.72. The molecule has 0 bridgehead atoms. The van der Waals surface area contributed by atoms with Crippen LogP contribution in [0.2, 0.25) is 0 Å². The molecule has 0 spiro atoms. The Morgan fingerprint density at radius 2 is 2.31 bits per heavy atom. The van der Waals surface area contributed by atoms with E-state index in [1.54, 1.807) is 0 Å². The van der Waals surface area contributed by atoms with Crippen molar-refractivity contribution in [2.75, 3.05) is 13.1 Å². The Bertz CT molecular complexity index is 182. The first kappa shape index (κ1) is 10.5. The van der Waals surface area contributed by atoms with Crippen LogP contribution in [0.15, 0.2) is 0 Å². The van der Waals surface area contributed by atoms with Crippen molar-refractivity contribution < 1.29 is 4.79 Å². The molecule has 1 heterocycles. The van der Waals surface area contributed by atoms with Gasteiger partial charge in [-0.3, -0.25) is 4.79 Å². The van der Waals surface area contributed by atoms with E-state index >= 15 is 0 Å². The van der Waals surface area contributed by atoms with Crippen LogP contribution in [0.4, 0.5) is 0 Å². The Morgan fingerprint density at radius 3 is 2.85 bits per heavy atom.